The van der Waals surface area contributed by atoms with E-state index >= 15 is 0 Å². The van der Waals surface area contributed by atoms with Crippen LogP contribution in [0, 0.1) is 5.92 Å². The van der Waals surface area contributed by atoms with E-state index in [2.05, 4.69) is 43.3 Å². The minimum absolute atomic E-state index is 0.425. The van der Waals surface area contributed by atoms with Crippen LogP contribution in [0.1, 0.15) is 50.5 Å². The summed E-state index contributed by atoms with van der Waals surface area (Å²) in [4.78, 5) is 0. The molecule has 0 bridgehead atoms. The third-order valence-corrected chi connectivity index (χ3v) is 5.16. The summed E-state index contributed by atoms with van der Waals surface area (Å²) < 4.78 is 17.9. The van der Waals surface area contributed by atoms with E-state index in [-0.39, 0.29) is 0 Å². The minimum Gasteiger partial charge on any atom is -0.494 e. The summed E-state index contributed by atoms with van der Waals surface area (Å²) in [5.74, 6) is 1.97. The van der Waals surface area contributed by atoms with Gasteiger partial charge in [-0.15, -0.1) is 0 Å². The van der Waals surface area contributed by atoms with Gasteiger partial charge < -0.3 is 4.74 Å². The molecule has 1 aliphatic rings. The highest BCUT2D eigenvalue weighted by molar-refractivity contribution is 5.64. The van der Waals surface area contributed by atoms with Crippen molar-refractivity contribution in [3.63, 3.8) is 0 Å². The Labute approximate surface area is 150 Å². The second kappa shape index (κ2) is 8.84. The molecule has 0 N–H and O–H groups in total. The first kappa shape index (κ1) is 17.7. The van der Waals surface area contributed by atoms with Crippen LogP contribution in [0.3, 0.4) is 0 Å². The zero-order valence-corrected chi connectivity index (χ0v) is 15.0. The third-order valence-electron chi connectivity index (χ3n) is 5.16. The smallest absolute Gasteiger partial charge is 0.119 e. The monoisotopic (exact) mass is 338 g/mol. The zero-order chi connectivity index (χ0) is 17.5. The first-order valence-electron chi connectivity index (χ1n) is 9.40. The lowest BCUT2D eigenvalue weighted by Gasteiger charge is -2.27. The molecular formula is C23H27FO. The first-order chi connectivity index (χ1) is 12.3. The quantitative estimate of drug-likeness (QED) is 0.556. The number of halogens is 1. The second-order valence-corrected chi connectivity index (χ2v) is 6.92. The molecule has 0 atom stereocenters. The number of hydrogen-bond donors (Lipinski definition) is 0. The van der Waals surface area contributed by atoms with Crippen LogP contribution >= 0.6 is 0 Å². The molecule has 2 heteroatoms. The molecule has 3 rings (SSSR count). The Bertz CT molecular complexity index is 664. The predicted molar refractivity (Wildman–Crippen MR) is 103 cm³/mol. The van der Waals surface area contributed by atoms with Gasteiger partial charge in [0, 0.05) is 0 Å². The van der Waals surface area contributed by atoms with Crippen molar-refractivity contribution >= 4 is 0 Å². The Hall–Kier alpha value is -2.09. The van der Waals surface area contributed by atoms with Crippen LogP contribution in [0.5, 0.6) is 5.75 Å². The summed E-state index contributed by atoms with van der Waals surface area (Å²) in [6, 6.07) is 17.3. The predicted octanol–water partition coefficient (Wildman–Crippen LogP) is 6.90. The maximum Gasteiger partial charge on any atom is 0.119 e. The van der Waals surface area contributed by atoms with E-state index < -0.39 is 0 Å². The van der Waals surface area contributed by atoms with Gasteiger partial charge in [-0.1, -0.05) is 49.4 Å². The highest BCUT2D eigenvalue weighted by Gasteiger charge is 2.20. The van der Waals surface area contributed by atoms with Gasteiger partial charge in [-0.05, 0) is 72.8 Å². The molecule has 1 aliphatic carbocycles. The fourth-order valence-electron chi connectivity index (χ4n) is 3.66. The van der Waals surface area contributed by atoms with Crippen LogP contribution in [0.2, 0.25) is 0 Å². The van der Waals surface area contributed by atoms with Gasteiger partial charge >= 0.3 is 0 Å². The Kier molecular flexibility index (Phi) is 6.27. The molecule has 0 spiro atoms. The summed E-state index contributed by atoms with van der Waals surface area (Å²) in [6.07, 6.45) is 7.93. The van der Waals surface area contributed by atoms with Crippen molar-refractivity contribution in [3.8, 4) is 16.9 Å². The van der Waals surface area contributed by atoms with E-state index in [0.29, 0.717) is 18.2 Å². The molecular weight excluding hydrogens is 311 g/mol. The lowest BCUT2D eigenvalue weighted by atomic mass is 9.78. The molecule has 2 aromatic rings. The van der Waals surface area contributed by atoms with Crippen LogP contribution < -0.4 is 4.74 Å². The summed E-state index contributed by atoms with van der Waals surface area (Å²) >= 11 is 0. The second-order valence-electron chi connectivity index (χ2n) is 6.92. The van der Waals surface area contributed by atoms with E-state index in [0.717, 1.165) is 44.5 Å². The van der Waals surface area contributed by atoms with E-state index in [9.17, 15) is 4.39 Å². The van der Waals surface area contributed by atoms with Gasteiger partial charge in [0.15, 0.2) is 0 Å². The summed E-state index contributed by atoms with van der Waals surface area (Å²) in [5, 5.41) is 0. The van der Waals surface area contributed by atoms with Gasteiger partial charge in [0.25, 0.3) is 0 Å². The molecule has 0 saturated heterocycles. The van der Waals surface area contributed by atoms with Crippen molar-refractivity contribution in [1.29, 1.82) is 0 Å². The topological polar surface area (TPSA) is 9.23 Å². The average Bonchev–Trinajstić information content (AvgIpc) is 2.68. The molecule has 25 heavy (non-hydrogen) atoms. The fraction of sp³-hybridized carbons (Fsp3) is 0.391. The molecule has 0 amide bonds. The van der Waals surface area contributed by atoms with Crippen LogP contribution in [-0.4, -0.2) is 6.61 Å². The van der Waals surface area contributed by atoms with Crippen molar-refractivity contribution in [2.75, 3.05) is 6.61 Å². The highest BCUT2D eigenvalue weighted by Crippen LogP contribution is 2.37. The van der Waals surface area contributed by atoms with Crippen molar-refractivity contribution in [2.24, 2.45) is 5.92 Å². The summed E-state index contributed by atoms with van der Waals surface area (Å²) in [6.45, 7) is 2.87. The SMILES string of the molecule is CCCOc1ccc(-c2ccc(C3CCC(C=CF)CC3)cc2)cc1. The number of benzene rings is 2. The third kappa shape index (κ3) is 4.72. The first-order valence-corrected chi connectivity index (χ1v) is 9.40. The summed E-state index contributed by atoms with van der Waals surface area (Å²) in [7, 11) is 0. The highest BCUT2D eigenvalue weighted by atomic mass is 19.1. The van der Waals surface area contributed by atoms with E-state index in [1.165, 1.54) is 16.7 Å². The molecule has 1 saturated carbocycles. The largest absolute Gasteiger partial charge is 0.494 e. The zero-order valence-electron chi connectivity index (χ0n) is 15.0. The number of hydrogen-bond acceptors (Lipinski definition) is 1. The van der Waals surface area contributed by atoms with Gasteiger partial charge in [-0.3, -0.25) is 0 Å². The number of rotatable bonds is 6. The molecule has 0 radical (unpaired) electrons. The molecule has 0 aliphatic heterocycles. The average molecular weight is 338 g/mol. The molecule has 0 heterocycles. The maximum absolute atomic E-state index is 12.3. The number of allylic oxidation sites excluding steroid dienone is 1. The Balaban J connectivity index is 1.62. The minimum atomic E-state index is 0.425. The Morgan fingerprint density at radius 1 is 0.920 bits per heavy atom. The maximum atomic E-state index is 12.3. The Morgan fingerprint density at radius 2 is 1.52 bits per heavy atom. The van der Waals surface area contributed by atoms with E-state index in [1.807, 2.05) is 12.1 Å². The van der Waals surface area contributed by atoms with Crippen LogP contribution in [0.15, 0.2) is 60.9 Å². The van der Waals surface area contributed by atoms with E-state index in [1.54, 1.807) is 6.08 Å². The molecule has 132 valence electrons. The van der Waals surface area contributed by atoms with Crippen LogP contribution in [-0.2, 0) is 0 Å². The number of ether oxygens (including phenoxy) is 1. The van der Waals surface area contributed by atoms with Crippen LogP contribution in [0.4, 0.5) is 4.39 Å². The molecule has 1 fully saturated rings. The van der Waals surface area contributed by atoms with Gasteiger partial charge in [-0.2, -0.15) is 0 Å². The van der Waals surface area contributed by atoms with Gasteiger partial charge in [0.2, 0.25) is 0 Å². The molecule has 0 unspecified atom stereocenters. The van der Waals surface area contributed by atoms with Crippen LogP contribution in [0.25, 0.3) is 11.1 Å². The normalized spacial score (nSPS) is 20.7. The lowest BCUT2D eigenvalue weighted by molar-refractivity contribution is 0.317. The fourth-order valence-corrected chi connectivity index (χ4v) is 3.66. The van der Waals surface area contributed by atoms with Crippen molar-refractivity contribution in [2.45, 2.75) is 44.9 Å². The van der Waals surface area contributed by atoms with E-state index in [4.69, 9.17) is 4.74 Å². The molecule has 1 nitrogen and oxygen atoms in total. The molecule has 2 aromatic carbocycles. The van der Waals surface area contributed by atoms with Gasteiger partial charge in [0.1, 0.15) is 5.75 Å². The van der Waals surface area contributed by atoms with Crippen molar-refractivity contribution in [1.82, 2.24) is 0 Å². The summed E-state index contributed by atoms with van der Waals surface area (Å²) in [5.41, 5.74) is 3.86. The lowest BCUT2D eigenvalue weighted by Crippen LogP contribution is -2.11. The van der Waals surface area contributed by atoms with Gasteiger partial charge in [0.05, 0.1) is 12.9 Å². The Morgan fingerprint density at radius 3 is 2.08 bits per heavy atom. The standard InChI is InChI=1S/C23H27FO/c1-2-17-25-23-13-11-22(12-14-23)21-9-7-20(8-10-21)19-5-3-18(4-6-19)15-16-24/h7-16,18-19H,2-6,17H2,1H3. The van der Waals surface area contributed by atoms with Crippen molar-refractivity contribution in [3.05, 3.63) is 66.5 Å². The molecule has 0 aromatic heterocycles. The van der Waals surface area contributed by atoms with Gasteiger partial charge in [-0.25, -0.2) is 4.39 Å². The van der Waals surface area contributed by atoms with Crippen molar-refractivity contribution < 1.29 is 9.13 Å².